The van der Waals surface area contributed by atoms with Crippen molar-refractivity contribution in [1.29, 1.82) is 0 Å². The van der Waals surface area contributed by atoms with Gasteiger partial charge in [-0.15, -0.1) is 0 Å². The van der Waals surface area contributed by atoms with E-state index in [2.05, 4.69) is 262 Å². The first-order valence-corrected chi connectivity index (χ1v) is 25.6. The monoisotopic (exact) mass is 919 g/mol. The van der Waals surface area contributed by atoms with Gasteiger partial charge in [-0.2, -0.15) is 0 Å². The summed E-state index contributed by atoms with van der Waals surface area (Å²) in [5, 5.41) is 2.39. The SMILES string of the molecule is CC(C)(C)c1cc(C(C)(C)C)c2oc3c4c(ccc3c2c1)-c1c(N(c2cccc(C3(c5ccccc5)c5ccccc5-c5ccccc53)c2)c2ccc3c(c2)C(C)(C)c2ccccc2-3)cccc1C4(C)C. The molecule has 1 heterocycles. The highest BCUT2D eigenvalue weighted by Crippen LogP contribution is 2.60. The van der Waals surface area contributed by atoms with Gasteiger partial charge in [-0.1, -0.05) is 215 Å². The summed E-state index contributed by atoms with van der Waals surface area (Å²) in [6.45, 7) is 23.5. The Bertz CT molecular complexity index is 3800. The van der Waals surface area contributed by atoms with Gasteiger partial charge in [0, 0.05) is 49.7 Å². The summed E-state index contributed by atoms with van der Waals surface area (Å²) in [5.74, 6) is 0. The number of rotatable bonds is 5. The third-order valence-electron chi connectivity index (χ3n) is 16.8. The molecule has 0 radical (unpaired) electrons. The van der Waals surface area contributed by atoms with Crippen LogP contribution in [0, 0.1) is 0 Å². The van der Waals surface area contributed by atoms with Crippen molar-refractivity contribution in [2.24, 2.45) is 0 Å². The third kappa shape index (κ3) is 6.00. The van der Waals surface area contributed by atoms with Crippen molar-refractivity contribution in [1.82, 2.24) is 0 Å². The van der Waals surface area contributed by atoms with Crippen molar-refractivity contribution in [3.8, 4) is 33.4 Å². The molecule has 2 heteroatoms. The highest BCUT2D eigenvalue weighted by molar-refractivity contribution is 6.11. The van der Waals surface area contributed by atoms with Crippen LogP contribution in [-0.2, 0) is 27.1 Å². The quantitative estimate of drug-likeness (QED) is 0.171. The molecule has 0 atom stereocenters. The van der Waals surface area contributed by atoms with Crippen molar-refractivity contribution in [3.63, 3.8) is 0 Å². The first kappa shape index (κ1) is 43.6. The van der Waals surface area contributed by atoms with E-state index in [1.54, 1.807) is 0 Å². The Morgan fingerprint density at radius 2 is 0.958 bits per heavy atom. The second-order valence-corrected chi connectivity index (χ2v) is 23.7. The van der Waals surface area contributed by atoms with Gasteiger partial charge in [0.1, 0.15) is 11.2 Å². The topological polar surface area (TPSA) is 16.4 Å². The van der Waals surface area contributed by atoms with Gasteiger partial charge in [-0.05, 0) is 126 Å². The van der Waals surface area contributed by atoms with Crippen LogP contribution in [0.1, 0.15) is 125 Å². The van der Waals surface area contributed by atoms with Crippen molar-refractivity contribution in [3.05, 3.63) is 244 Å². The summed E-state index contributed by atoms with van der Waals surface area (Å²) >= 11 is 0. The van der Waals surface area contributed by atoms with Crippen LogP contribution in [-0.4, -0.2) is 0 Å². The maximum absolute atomic E-state index is 7.33. The number of hydrogen-bond donors (Lipinski definition) is 0. The molecule has 13 rings (SSSR count). The van der Waals surface area contributed by atoms with Crippen LogP contribution in [0.5, 0.6) is 0 Å². The van der Waals surface area contributed by atoms with Gasteiger partial charge in [-0.25, -0.2) is 0 Å². The predicted molar refractivity (Wildman–Crippen MR) is 298 cm³/mol. The zero-order valence-corrected chi connectivity index (χ0v) is 42.8. The minimum absolute atomic E-state index is 0.0134. The first-order valence-electron chi connectivity index (χ1n) is 25.6. The van der Waals surface area contributed by atoms with Crippen LogP contribution in [0.15, 0.2) is 192 Å². The molecule has 3 aliphatic carbocycles. The first-order chi connectivity index (χ1) is 34.0. The molecule has 0 saturated carbocycles. The van der Waals surface area contributed by atoms with E-state index in [1.165, 1.54) is 99.8 Å². The van der Waals surface area contributed by atoms with Crippen molar-refractivity contribution >= 4 is 39.0 Å². The molecule has 10 aromatic rings. The molecule has 0 saturated heterocycles. The normalized spacial score (nSPS) is 15.5. The van der Waals surface area contributed by atoms with Gasteiger partial charge < -0.3 is 9.32 Å². The fourth-order valence-electron chi connectivity index (χ4n) is 13.3. The van der Waals surface area contributed by atoms with Crippen LogP contribution >= 0.6 is 0 Å². The number of benzene rings is 9. The molecular weight excluding hydrogens is 859 g/mol. The molecule has 348 valence electrons. The fourth-order valence-corrected chi connectivity index (χ4v) is 13.3. The Kier molecular flexibility index (Phi) is 9.09. The molecule has 0 spiro atoms. The van der Waals surface area contributed by atoms with E-state index in [0.29, 0.717) is 0 Å². The molecule has 2 nitrogen and oxygen atoms in total. The minimum atomic E-state index is -0.545. The summed E-state index contributed by atoms with van der Waals surface area (Å²) in [6.07, 6.45) is 0. The molecular formula is C69H61NO. The Morgan fingerprint density at radius 1 is 0.394 bits per heavy atom. The van der Waals surface area contributed by atoms with Gasteiger partial charge in [0.2, 0.25) is 0 Å². The zero-order valence-electron chi connectivity index (χ0n) is 42.8. The molecule has 3 aliphatic rings. The van der Waals surface area contributed by atoms with Gasteiger partial charge >= 0.3 is 0 Å². The largest absolute Gasteiger partial charge is 0.455 e. The minimum Gasteiger partial charge on any atom is -0.455 e. The Balaban J connectivity index is 1.09. The summed E-state index contributed by atoms with van der Waals surface area (Å²) in [5.41, 5.74) is 24.9. The van der Waals surface area contributed by atoms with Crippen LogP contribution in [0.2, 0.25) is 0 Å². The fraction of sp³-hybridized carbons (Fsp3) is 0.217. The molecule has 71 heavy (non-hydrogen) atoms. The Morgan fingerprint density at radius 3 is 1.63 bits per heavy atom. The van der Waals surface area contributed by atoms with E-state index in [0.717, 1.165) is 28.2 Å². The molecule has 0 fully saturated rings. The number of nitrogens with zero attached hydrogens (tertiary/aromatic N) is 1. The van der Waals surface area contributed by atoms with Crippen LogP contribution in [0.4, 0.5) is 17.1 Å². The van der Waals surface area contributed by atoms with E-state index in [9.17, 15) is 0 Å². The maximum atomic E-state index is 7.33. The third-order valence-corrected chi connectivity index (χ3v) is 16.8. The second kappa shape index (κ2) is 14.8. The van der Waals surface area contributed by atoms with Gasteiger partial charge in [0.15, 0.2) is 0 Å². The Labute approximate surface area is 419 Å². The summed E-state index contributed by atoms with van der Waals surface area (Å²) in [6, 6.07) is 71.5. The molecule has 0 bridgehead atoms. The van der Waals surface area contributed by atoms with Crippen LogP contribution in [0.3, 0.4) is 0 Å². The number of hydrogen-bond acceptors (Lipinski definition) is 2. The lowest BCUT2D eigenvalue weighted by Crippen LogP contribution is -2.28. The summed E-state index contributed by atoms with van der Waals surface area (Å²) < 4.78 is 7.33. The highest BCUT2D eigenvalue weighted by Gasteiger charge is 2.47. The van der Waals surface area contributed by atoms with Crippen molar-refractivity contribution in [2.45, 2.75) is 96.3 Å². The predicted octanol–water partition coefficient (Wildman–Crippen LogP) is 18.6. The lowest BCUT2D eigenvalue weighted by atomic mass is 9.67. The Hall–Kier alpha value is -7.42. The molecule has 0 N–H and O–H groups in total. The lowest BCUT2D eigenvalue weighted by molar-refractivity contribution is 0.556. The smallest absolute Gasteiger partial charge is 0.140 e. The highest BCUT2D eigenvalue weighted by atomic mass is 16.3. The van der Waals surface area contributed by atoms with Crippen LogP contribution < -0.4 is 4.90 Å². The summed E-state index contributed by atoms with van der Waals surface area (Å²) in [7, 11) is 0. The van der Waals surface area contributed by atoms with Crippen molar-refractivity contribution in [2.75, 3.05) is 4.90 Å². The van der Waals surface area contributed by atoms with Gasteiger partial charge in [0.25, 0.3) is 0 Å². The molecule has 9 aromatic carbocycles. The number of anilines is 3. The summed E-state index contributed by atoms with van der Waals surface area (Å²) in [4.78, 5) is 2.56. The molecule has 0 unspecified atom stereocenters. The second-order valence-electron chi connectivity index (χ2n) is 23.7. The van der Waals surface area contributed by atoms with E-state index in [-0.39, 0.29) is 21.7 Å². The van der Waals surface area contributed by atoms with Gasteiger partial charge in [0.05, 0.1) is 11.1 Å². The van der Waals surface area contributed by atoms with E-state index < -0.39 is 5.41 Å². The van der Waals surface area contributed by atoms with E-state index >= 15 is 0 Å². The average molecular weight is 920 g/mol. The standard InChI is InChI=1S/C69H61NO/c1-65(2,3)44-39-53-51-36-37-52-61-57(68(9,10)62(52)64(51)71-63(53)59(40-44)66(4,5)6)32-21-33-60(61)70(46-34-35-50-47-26-14-17-29-54(47)67(7,8)58(50)41-46)45-25-20-24-43(38-45)69(42-22-12-11-13-23-42)55-30-18-15-27-48(55)49-28-16-19-31-56(49)69/h11-41H,1-10H3. The maximum Gasteiger partial charge on any atom is 0.140 e. The van der Waals surface area contributed by atoms with Crippen molar-refractivity contribution < 1.29 is 4.42 Å². The molecule has 1 aromatic heterocycles. The molecule has 0 aliphatic heterocycles. The number of furan rings is 1. The average Bonchev–Trinajstić information content (AvgIpc) is 4.03. The van der Waals surface area contributed by atoms with Gasteiger partial charge in [-0.3, -0.25) is 0 Å². The zero-order chi connectivity index (χ0) is 49.0. The van der Waals surface area contributed by atoms with E-state index in [1.807, 2.05) is 0 Å². The van der Waals surface area contributed by atoms with E-state index in [4.69, 9.17) is 4.42 Å². The lowest BCUT2D eigenvalue weighted by Gasteiger charge is -2.35. The number of fused-ring (bicyclic) bond motifs is 13. The molecule has 0 amide bonds. The van der Waals surface area contributed by atoms with Crippen LogP contribution in [0.25, 0.3) is 55.3 Å².